The third-order valence-electron chi connectivity index (χ3n) is 6.87. The molecule has 0 bridgehead atoms. The summed E-state index contributed by atoms with van der Waals surface area (Å²) in [6.45, 7) is 0.452. The third-order valence-corrected chi connectivity index (χ3v) is 9.03. The van der Waals surface area contributed by atoms with Gasteiger partial charge in [0.25, 0.3) is 0 Å². The van der Waals surface area contributed by atoms with Gasteiger partial charge in [0.1, 0.15) is 0 Å². The molecular weight excluding hydrogens is 556 g/mol. The summed E-state index contributed by atoms with van der Waals surface area (Å²) in [7, 11) is -3.34. The van der Waals surface area contributed by atoms with Gasteiger partial charge in [0, 0.05) is 33.9 Å². The van der Waals surface area contributed by atoms with Gasteiger partial charge in [-0.05, 0) is 59.2 Å². The summed E-state index contributed by atoms with van der Waals surface area (Å²) in [6.07, 6.45) is 2.90. The molecule has 8 nitrogen and oxygen atoms in total. The predicted octanol–water partition coefficient (Wildman–Crippen LogP) is 6.52. The molecule has 3 amide bonds. The summed E-state index contributed by atoms with van der Waals surface area (Å²) >= 11 is 1.49. The fourth-order valence-electron chi connectivity index (χ4n) is 4.81. The number of anilines is 3. The van der Waals surface area contributed by atoms with E-state index in [1.807, 2.05) is 72.8 Å². The van der Waals surface area contributed by atoms with Crippen molar-refractivity contribution in [3.05, 3.63) is 103 Å². The summed E-state index contributed by atoms with van der Waals surface area (Å²) in [4.78, 5) is 32.0. The molecule has 10 heteroatoms. The van der Waals surface area contributed by atoms with Crippen molar-refractivity contribution in [2.75, 3.05) is 27.5 Å². The fourth-order valence-corrected chi connectivity index (χ4v) is 6.40. The van der Waals surface area contributed by atoms with E-state index in [9.17, 15) is 18.0 Å². The summed E-state index contributed by atoms with van der Waals surface area (Å²) in [5.74, 6) is 0.387. The van der Waals surface area contributed by atoms with Crippen molar-refractivity contribution in [1.82, 2.24) is 4.98 Å². The first-order valence-electron chi connectivity index (χ1n) is 12.9. The number of benzene rings is 4. The molecule has 0 unspecified atom stereocenters. The Bertz CT molecular complexity index is 1900. The molecule has 41 heavy (non-hydrogen) atoms. The van der Waals surface area contributed by atoms with Crippen molar-refractivity contribution in [2.24, 2.45) is 0 Å². The van der Waals surface area contributed by atoms with Crippen LogP contribution in [0.15, 0.2) is 107 Å². The normalized spacial score (nSPS) is 13.2. The Balaban J connectivity index is 1.22. The number of H-pyrrole nitrogens is 1. The van der Waals surface area contributed by atoms with Gasteiger partial charge < -0.3 is 20.5 Å². The van der Waals surface area contributed by atoms with Crippen molar-refractivity contribution in [1.29, 1.82) is 0 Å². The average molecular weight is 583 g/mol. The molecule has 0 spiro atoms. The summed E-state index contributed by atoms with van der Waals surface area (Å²) in [6, 6.07) is 27.4. The van der Waals surface area contributed by atoms with Crippen LogP contribution in [0, 0.1) is 0 Å². The third kappa shape index (κ3) is 5.70. The highest BCUT2D eigenvalue weighted by Crippen LogP contribution is 2.38. The summed E-state index contributed by atoms with van der Waals surface area (Å²) in [5, 5.41) is 6.57. The second-order valence-corrected chi connectivity index (χ2v) is 12.8. The van der Waals surface area contributed by atoms with Crippen LogP contribution in [0.2, 0.25) is 0 Å². The second kappa shape index (κ2) is 10.8. The molecule has 1 aliphatic heterocycles. The minimum atomic E-state index is -3.34. The number of amides is 3. The minimum absolute atomic E-state index is 0.0182. The molecule has 1 aliphatic rings. The molecule has 206 valence electrons. The average Bonchev–Trinajstić information content (AvgIpc) is 3.36. The number of urea groups is 1. The maximum absolute atomic E-state index is 13.0. The number of rotatable bonds is 6. The second-order valence-electron chi connectivity index (χ2n) is 9.78. The van der Waals surface area contributed by atoms with Gasteiger partial charge in [-0.25, -0.2) is 13.2 Å². The highest BCUT2D eigenvalue weighted by Gasteiger charge is 2.25. The number of hydrogen-bond donors (Lipinski definition) is 3. The Morgan fingerprint density at radius 1 is 0.927 bits per heavy atom. The van der Waals surface area contributed by atoms with E-state index in [0.29, 0.717) is 23.7 Å². The lowest BCUT2D eigenvalue weighted by molar-refractivity contribution is -0.116. The molecule has 1 aromatic heterocycles. The Hall–Kier alpha value is -4.54. The standard InChI is InChI=1S/C31H26N4O4S2/c1-41(38,39)24-9-5-8-21(14-24)22-10-12-26-25(15-22)27(17-32-26)34-31(37)33-23-11-13-29-28(16-23)35(30(36)19-40-29)18-20-6-3-2-4-7-20/h2-17,32H,18-19H2,1H3,(H2,33,34,37). The van der Waals surface area contributed by atoms with E-state index in [2.05, 4.69) is 15.6 Å². The zero-order valence-corrected chi connectivity index (χ0v) is 23.7. The van der Waals surface area contributed by atoms with Crippen molar-refractivity contribution < 1.29 is 18.0 Å². The number of aromatic nitrogens is 1. The first-order chi connectivity index (χ1) is 19.7. The van der Waals surface area contributed by atoms with Crippen molar-refractivity contribution in [2.45, 2.75) is 16.3 Å². The van der Waals surface area contributed by atoms with E-state index in [4.69, 9.17) is 0 Å². The Morgan fingerprint density at radius 2 is 1.73 bits per heavy atom. The molecule has 4 aromatic carbocycles. The fraction of sp³-hybridized carbons (Fsp3) is 0.0968. The van der Waals surface area contributed by atoms with E-state index in [1.54, 1.807) is 29.3 Å². The van der Waals surface area contributed by atoms with Gasteiger partial charge in [0.05, 0.1) is 28.6 Å². The van der Waals surface area contributed by atoms with E-state index in [0.717, 1.165) is 38.2 Å². The molecule has 0 radical (unpaired) electrons. The Morgan fingerprint density at radius 3 is 2.54 bits per heavy atom. The van der Waals surface area contributed by atoms with E-state index >= 15 is 0 Å². The Labute approximate surface area is 241 Å². The van der Waals surface area contributed by atoms with Crippen molar-refractivity contribution >= 4 is 61.5 Å². The lowest BCUT2D eigenvalue weighted by atomic mass is 10.0. The zero-order chi connectivity index (χ0) is 28.6. The van der Waals surface area contributed by atoms with Crippen LogP contribution in [0.1, 0.15) is 5.56 Å². The largest absolute Gasteiger partial charge is 0.359 e. The smallest absolute Gasteiger partial charge is 0.323 e. The van der Waals surface area contributed by atoms with Crippen LogP contribution in [-0.4, -0.2) is 37.3 Å². The molecule has 0 fully saturated rings. The molecule has 0 saturated heterocycles. The molecule has 2 heterocycles. The van der Waals surface area contributed by atoms with Gasteiger partial charge >= 0.3 is 6.03 Å². The maximum Gasteiger partial charge on any atom is 0.323 e. The number of carbonyl (C=O) groups is 2. The van der Waals surface area contributed by atoms with Gasteiger partial charge in [0.15, 0.2) is 9.84 Å². The van der Waals surface area contributed by atoms with Crippen LogP contribution in [0.25, 0.3) is 22.0 Å². The number of thioether (sulfide) groups is 1. The first kappa shape index (κ1) is 26.7. The molecular formula is C31H26N4O4S2. The van der Waals surface area contributed by atoms with Crippen LogP contribution in [0.4, 0.5) is 21.9 Å². The van der Waals surface area contributed by atoms with Crippen LogP contribution < -0.4 is 15.5 Å². The quantitative estimate of drug-likeness (QED) is 0.211. The lowest BCUT2D eigenvalue weighted by Crippen LogP contribution is -2.34. The molecule has 0 aliphatic carbocycles. The summed E-state index contributed by atoms with van der Waals surface area (Å²) in [5.41, 5.74) is 5.33. The molecule has 3 N–H and O–H groups in total. The first-order valence-corrected chi connectivity index (χ1v) is 15.7. The number of nitrogens with one attached hydrogen (secondary N) is 3. The zero-order valence-electron chi connectivity index (χ0n) is 22.0. The SMILES string of the molecule is CS(=O)(=O)c1cccc(-c2ccc3[nH]cc(NC(=O)Nc4ccc5c(c4)N(Cc4ccccc4)C(=O)CS5)c3c2)c1. The van der Waals surface area contributed by atoms with E-state index < -0.39 is 15.9 Å². The van der Waals surface area contributed by atoms with Gasteiger partial charge in [-0.3, -0.25) is 4.79 Å². The van der Waals surface area contributed by atoms with Crippen molar-refractivity contribution in [3.63, 3.8) is 0 Å². The number of hydrogen-bond acceptors (Lipinski definition) is 5. The number of aromatic amines is 1. The summed E-state index contributed by atoms with van der Waals surface area (Å²) < 4.78 is 24.1. The van der Waals surface area contributed by atoms with Gasteiger partial charge in [-0.2, -0.15) is 0 Å². The van der Waals surface area contributed by atoms with E-state index in [-0.39, 0.29) is 10.8 Å². The monoisotopic (exact) mass is 582 g/mol. The van der Waals surface area contributed by atoms with Gasteiger partial charge in [0.2, 0.25) is 5.91 Å². The molecule has 0 atom stereocenters. The Kier molecular flexibility index (Phi) is 7.02. The van der Waals surface area contributed by atoms with Crippen LogP contribution in [0.5, 0.6) is 0 Å². The van der Waals surface area contributed by atoms with Gasteiger partial charge in [-0.1, -0.05) is 48.5 Å². The van der Waals surface area contributed by atoms with Crippen LogP contribution in [0.3, 0.4) is 0 Å². The number of fused-ring (bicyclic) bond motifs is 2. The van der Waals surface area contributed by atoms with Gasteiger partial charge in [-0.15, -0.1) is 11.8 Å². The van der Waals surface area contributed by atoms with Crippen molar-refractivity contribution in [3.8, 4) is 11.1 Å². The highest BCUT2D eigenvalue weighted by molar-refractivity contribution is 8.00. The number of nitrogens with zero attached hydrogens (tertiary/aromatic N) is 1. The highest BCUT2D eigenvalue weighted by atomic mass is 32.2. The molecule has 5 aromatic rings. The number of sulfone groups is 1. The predicted molar refractivity (Wildman–Crippen MR) is 164 cm³/mol. The van der Waals surface area contributed by atoms with Crippen LogP contribution in [-0.2, 0) is 21.2 Å². The minimum Gasteiger partial charge on any atom is -0.359 e. The number of carbonyl (C=O) groups excluding carboxylic acids is 2. The maximum atomic E-state index is 13.0. The molecule has 0 saturated carbocycles. The van der Waals surface area contributed by atoms with E-state index in [1.165, 1.54) is 18.0 Å². The van der Waals surface area contributed by atoms with Crippen LogP contribution >= 0.6 is 11.8 Å². The lowest BCUT2D eigenvalue weighted by Gasteiger charge is -2.29. The topological polar surface area (TPSA) is 111 Å². The molecule has 6 rings (SSSR count).